The summed E-state index contributed by atoms with van der Waals surface area (Å²) in [5.41, 5.74) is 0.0396. The first kappa shape index (κ1) is 21.2. The largest absolute Gasteiger partial charge is 0.494 e. The van der Waals surface area contributed by atoms with Gasteiger partial charge < -0.3 is 23.4 Å². The third-order valence-corrected chi connectivity index (χ3v) is 4.27. The van der Waals surface area contributed by atoms with Crippen molar-refractivity contribution in [2.24, 2.45) is 0 Å². The van der Waals surface area contributed by atoms with E-state index in [0.29, 0.717) is 34.8 Å². The van der Waals surface area contributed by atoms with Gasteiger partial charge in [0.2, 0.25) is 11.2 Å². The van der Waals surface area contributed by atoms with Crippen LogP contribution in [0.5, 0.6) is 23.0 Å². The molecular weight excluding hydrogens is 388 g/mol. The van der Waals surface area contributed by atoms with Crippen molar-refractivity contribution in [1.82, 2.24) is 0 Å². The van der Waals surface area contributed by atoms with Crippen molar-refractivity contribution in [2.75, 3.05) is 13.2 Å². The highest BCUT2D eigenvalue weighted by Gasteiger charge is 2.18. The summed E-state index contributed by atoms with van der Waals surface area (Å²) < 4.78 is 27.5. The minimum Gasteiger partial charge on any atom is -0.494 e. The van der Waals surface area contributed by atoms with E-state index < -0.39 is 12.1 Å². The Bertz CT molecular complexity index is 1080. The predicted molar refractivity (Wildman–Crippen MR) is 112 cm³/mol. The number of benzene rings is 2. The minimum atomic E-state index is -0.780. The van der Waals surface area contributed by atoms with Gasteiger partial charge in [-0.05, 0) is 64.1 Å². The Balaban J connectivity index is 1.86. The smallest absolute Gasteiger partial charge is 0.347 e. The predicted octanol–water partition coefficient (Wildman–Crippen LogP) is 4.62. The highest BCUT2D eigenvalue weighted by Crippen LogP contribution is 2.28. The molecule has 0 unspecified atom stereocenters. The Morgan fingerprint density at radius 2 is 1.67 bits per heavy atom. The van der Waals surface area contributed by atoms with Gasteiger partial charge in [-0.15, -0.1) is 0 Å². The fourth-order valence-electron chi connectivity index (χ4n) is 2.86. The summed E-state index contributed by atoms with van der Waals surface area (Å²) in [7, 11) is 0. The van der Waals surface area contributed by atoms with Crippen LogP contribution in [0.15, 0.2) is 51.7 Å². The SMILES string of the molecule is CCOC(=O)[C@@H](C)Oc1ccc2c(=O)c(Oc3ccc(OCC)cc3)c(C)oc2c1. The molecule has 0 saturated heterocycles. The first-order valence-electron chi connectivity index (χ1n) is 9.74. The molecule has 0 N–H and O–H groups in total. The van der Waals surface area contributed by atoms with Crippen molar-refractivity contribution < 1.29 is 28.2 Å². The normalized spacial score (nSPS) is 11.7. The quantitative estimate of drug-likeness (QED) is 0.499. The van der Waals surface area contributed by atoms with Crippen molar-refractivity contribution in [3.8, 4) is 23.0 Å². The molecule has 7 heteroatoms. The van der Waals surface area contributed by atoms with Crippen LogP contribution in [-0.4, -0.2) is 25.3 Å². The van der Waals surface area contributed by atoms with E-state index in [2.05, 4.69) is 0 Å². The van der Waals surface area contributed by atoms with Crippen LogP contribution in [-0.2, 0) is 9.53 Å². The number of carbonyl (C=O) groups is 1. The van der Waals surface area contributed by atoms with E-state index >= 15 is 0 Å². The van der Waals surface area contributed by atoms with E-state index in [1.54, 1.807) is 63.2 Å². The Morgan fingerprint density at radius 3 is 2.33 bits per heavy atom. The molecule has 1 atom stereocenters. The van der Waals surface area contributed by atoms with Gasteiger partial charge >= 0.3 is 5.97 Å². The van der Waals surface area contributed by atoms with Gasteiger partial charge in [-0.3, -0.25) is 4.79 Å². The monoisotopic (exact) mass is 412 g/mol. The third-order valence-electron chi connectivity index (χ3n) is 4.27. The van der Waals surface area contributed by atoms with Crippen molar-refractivity contribution >= 4 is 16.9 Å². The summed E-state index contributed by atoms with van der Waals surface area (Å²) in [6.45, 7) is 7.72. The summed E-state index contributed by atoms with van der Waals surface area (Å²) in [6.07, 6.45) is -0.780. The van der Waals surface area contributed by atoms with Crippen LogP contribution in [0, 0.1) is 6.92 Å². The maximum absolute atomic E-state index is 12.9. The van der Waals surface area contributed by atoms with Gasteiger partial charge in [0, 0.05) is 6.07 Å². The van der Waals surface area contributed by atoms with Crippen LogP contribution in [0.3, 0.4) is 0 Å². The first-order chi connectivity index (χ1) is 14.4. The summed E-state index contributed by atoms with van der Waals surface area (Å²) in [5, 5.41) is 0.345. The zero-order valence-electron chi connectivity index (χ0n) is 17.4. The summed E-state index contributed by atoms with van der Waals surface area (Å²) in [4.78, 5) is 24.7. The summed E-state index contributed by atoms with van der Waals surface area (Å²) in [5.74, 6) is 1.59. The summed E-state index contributed by atoms with van der Waals surface area (Å²) in [6, 6.07) is 11.7. The van der Waals surface area contributed by atoms with E-state index in [4.69, 9.17) is 23.4 Å². The molecule has 2 aromatic carbocycles. The summed E-state index contributed by atoms with van der Waals surface area (Å²) >= 11 is 0. The number of esters is 1. The number of hydrogen-bond donors (Lipinski definition) is 0. The van der Waals surface area contributed by atoms with E-state index in [1.165, 1.54) is 0 Å². The molecule has 1 aromatic heterocycles. The third kappa shape index (κ3) is 4.74. The molecule has 0 fully saturated rings. The number of hydrogen-bond acceptors (Lipinski definition) is 7. The van der Waals surface area contributed by atoms with Crippen LogP contribution >= 0.6 is 0 Å². The maximum atomic E-state index is 12.9. The Kier molecular flexibility index (Phi) is 6.61. The molecule has 0 spiro atoms. The molecule has 3 rings (SSSR count). The number of rotatable bonds is 8. The van der Waals surface area contributed by atoms with Gasteiger partial charge in [0.15, 0.2) is 6.10 Å². The van der Waals surface area contributed by atoms with E-state index in [0.717, 1.165) is 5.75 Å². The zero-order chi connectivity index (χ0) is 21.7. The molecule has 158 valence electrons. The molecule has 3 aromatic rings. The van der Waals surface area contributed by atoms with Crippen LogP contribution in [0.25, 0.3) is 11.0 Å². The van der Waals surface area contributed by atoms with Crippen molar-refractivity contribution in [2.45, 2.75) is 33.8 Å². The molecule has 0 aliphatic carbocycles. The standard InChI is InChI=1S/C23H24O7/c1-5-26-16-7-9-17(10-8-16)30-22-14(3)29-20-13-18(11-12-19(20)21(22)24)28-15(4)23(25)27-6-2/h7-13,15H,5-6H2,1-4H3/t15-/m1/s1. The molecule has 0 aliphatic heterocycles. The number of carbonyl (C=O) groups excluding carboxylic acids is 1. The molecule has 0 radical (unpaired) electrons. The molecule has 0 aliphatic rings. The van der Waals surface area contributed by atoms with Crippen LogP contribution in [0.4, 0.5) is 0 Å². The molecule has 0 amide bonds. The van der Waals surface area contributed by atoms with Gasteiger partial charge in [0.1, 0.15) is 28.6 Å². The molecule has 0 bridgehead atoms. The molecule has 0 saturated carbocycles. The van der Waals surface area contributed by atoms with Crippen molar-refractivity contribution in [3.05, 3.63) is 58.4 Å². The highest BCUT2D eigenvalue weighted by molar-refractivity contribution is 5.80. The van der Waals surface area contributed by atoms with Gasteiger partial charge in [0.25, 0.3) is 0 Å². The van der Waals surface area contributed by atoms with E-state index in [9.17, 15) is 9.59 Å². The van der Waals surface area contributed by atoms with E-state index in [-0.39, 0.29) is 17.8 Å². The van der Waals surface area contributed by atoms with Gasteiger partial charge in [-0.25, -0.2) is 4.79 Å². The lowest BCUT2D eigenvalue weighted by atomic mass is 10.2. The minimum absolute atomic E-state index is 0.111. The Hall–Kier alpha value is -3.48. The van der Waals surface area contributed by atoms with Crippen LogP contribution in [0.1, 0.15) is 26.5 Å². The molecular formula is C23H24O7. The van der Waals surface area contributed by atoms with Crippen LogP contribution < -0.4 is 19.6 Å². The topological polar surface area (TPSA) is 84.2 Å². The van der Waals surface area contributed by atoms with Crippen molar-refractivity contribution in [1.29, 1.82) is 0 Å². The second-order valence-corrected chi connectivity index (χ2v) is 6.49. The fraction of sp³-hybridized carbons (Fsp3) is 0.304. The van der Waals surface area contributed by atoms with E-state index in [1.807, 2.05) is 6.92 Å². The fourth-order valence-corrected chi connectivity index (χ4v) is 2.86. The number of fused-ring (bicyclic) bond motifs is 1. The first-order valence-corrected chi connectivity index (χ1v) is 9.74. The van der Waals surface area contributed by atoms with Crippen LogP contribution in [0.2, 0.25) is 0 Å². The molecule has 30 heavy (non-hydrogen) atoms. The Morgan fingerprint density at radius 1 is 1.00 bits per heavy atom. The average molecular weight is 412 g/mol. The molecule has 7 nitrogen and oxygen atoms in total. The highest BCUT2D eigenvalue weighted by atomic mass is 16.6. The zero-order valence-corrected chi connectivity index (χ0v) is 17.4. The lowest BCUT2D eigenvalue weighted by Gasteiger charge is -2.14. The van der Waals surface area contributed by atoms with Gasteiger partial charge in [-0.1, -0.05) is 0 Å². The number of ether oxygens (including phenoxy) is 4. The number of aryl methyl sites for hydroxylation is 1. The maximum Gasteiger partial charge on any atom is 0.347 e. The van der Waals surface area contributed by atoms with Gasteiger partial charge in [0.05, 0.1) is 18.6 Å². The molecule has 1 heterocycles. The second-order valence-electron chi connectivity index (χ2n) is 6.49. The van der Waals surface area contributed by atoms with Gasteiger partial charge in [-0.2, -0.15) is 0 Å². The second kappa shape index (κ2) is 9.35. The lowest BCUT2D eigenvalue weighted by Crippen LogP contribution is -2.26. The lowest BCUT2D eigenvalue weighted by molar-refractivity contribution is -0.150. The average Bonchev–Trinajstić information content (AvgIpc) is 2.72. The Labute approximate surface area is 174 Å². The van der Waals surface area contributed by atoms with Crippen molar-refractivity contribution in [3.63, 3.8) is 0 Å².